The summed E-state index contributed by atoms with van der Waals surface area (Å²) in [6, 6.07) is 8.61. The lowest BCUT2D eigenvalue weighted by molar-refractivity contribution is 0.255. The Bertz CT molecular complexity index is 381. The maximum Gasteiger partial charge on any atom is 0.123 e. The predicted octanol–water partition coefficient (Wildman–Crippen LogP) is 2.25. The van der Waals surface area contributed by atoms with Crippen LogP contribution in [0.15, 0.2) is 24.3 Å². The predicted molar refractivity (Wildman–Crippen MR) is 74.6 cm³/mol. The summed E-state index contributed by atoms with van der Waals surface area (Å²) < 4.78 is 5.39. The third-order valence-electron chi connectivity index (χ3n) is 3.90. The Hall–Kier alpha value is -1.06. The van der Waals surface area contributed by atoms with E-state index in [0.29, 0.717) is 12.0 Å². The molecule has 3 heteroatoms. The van der Waals surface area contributed by atoms with Crippen molar-refractivity contribution in [2.75, 3.05) is 20.7 Å². The topological polar surface area (TPSA) is 38.5 Å². The van der Waals surface area contributed by atoms with Gasteiger partial charge in [0.15, 0.2) is 0 Å². The number of methoxy groups -OCH3 is 1. The fraction of sp³-hybridized carbons (Fsp3) is 0.600. The molecule has 0 heterocycles. The van der Waals surface area contributed by atoms with Crippen molar-refractivity contribution in [1.82, 2.24) is 4.90 Å². The lowest BCUT2D eigenvalue weighted by Crippen LogP contribution is -2.34. The van der Waals surface area contributed by atoms with Crippen LogP contribution in [0.1, 0.15) is 24.8 Å². The summed E-state index contributed by atoms with van der Waals surface area (Å²) in [5, 5.41) is 0. The van der Waals surface area contributed by atoms with Gasteiger partial charge in [0.2, 0.25) is 0 Å². The van der Waals surface area contributed by atoms with E-state index in [-0.39, 0.29) is 0 Å². The van der Waals surface area contributed by atoms with Gasteiger partial charge < -0.3 is 15.4 Å². The standard InChI is InChI=1S/C15H24N2O/c1-17(10-12-7-5-8-14(12)16)11-13-6-3-4-9-15(13)18-2/h3-4,6,9,12,14H,5,7-8,10-11,16H2,1-2H3. The maximum absolute atomic E-state index is 6.13. The van der Waals surface area contributed by atoms with Crippen molar-refractivity contribution < 1.29 is 4.74 Å². The van der Waals surface area contributed by atoms with Crippen molar-refractivity contribution in [3.8, 4) is 5.75 Å². The van der Waals surface area contributed by atoms with E-state index < -0.39 is 0 Å². The summed E-state index contributed by atoms with van der Waals surface area (Å²) in [4.78, 5) is 2.35. The first-order valence-electron chi connectivity index (χ1n) is 6.76. The van der Waals surface area contributed by atoms with E-state index in [0.717, 1.165) is 18.8 Å². The second kappa shape index (κ2) is 6.21. The highest BCUT2D eigenvalue weighted by molar-refractivity contribution is 5.32. The first kappa shape index (κ1) is 13.4. The van der Waals surface area contributed by atoms with Crippen molar-refractivity contribution in [2.24, 2.45) is 11.7 Å². The Morgan fingerprint density at radius 2 is 2.11 bits per heavy atom. The zero-order valence-electron chi connectivity index (χ0n) is 11.4. The molecule has 0 radical (unpaired) electrons. The highest BCUT2D eigenvalue weighted by atomic mass is 16.5. The largest absolute Gasteiger partial charge is 0.496 e. The molecule has 1 aromatic rings. The molecule has 18 heavy (non-hydrogen) atoms. The monoisotopic (exact) mass is 248 g/mol. The summed E-state index contributed by atoms with van der Waals surface area (Å²) in [5.41, 5.74) is 7.37. The Morgan fingerprint density at radius 1 is 1.33 bits per heavy atom. The van der Waals surface area contributed by atoms with E-state index >= 15 is 0 Å². The molecule has 0 saturated heterocycles. The normalized spacial score (nSPS) is 23.6. The molecule has 2 N–H and O–H groups in total. The zero-order valence-corrected chi connectivity index (χ0v) is 11.4. The molecule has 0 amide bonds. The lowest BCUT2D eigenvalue weighted by atomic mass is 10.0. The molecule has 0 spiro atoms. The minimum atomic E-state index is 0.394. The average Bonchev–Trinajstić information content (AvgIpc) is 2.75. The van der Waals surface area contributed by atoms with Crippen LogP contribution in [0.4, 0.5) is 0 Å². The lowest BCUT2D eigenvalue weighted by Gasteiger charge is -2.24. The quantitative estimate of drug-likeness (QED) is 0.868. The number of hydrogen-bond acceptors (Lipinski definition) is 3. The Morgan fingerprint density at radius 3 is 2.78 bits per heavy atom. The molecule has 100 valence electrons. The van der Waals surface area contributed by atoms with E-state index in [1.54, 1.807) is 7.11 Å². The number of benzene rings is 1. The maximum atomic E-state index is 6.13. The van der Waals surface area contributed by atoms with Crippen LogP contribution in [0, 0.1) is 5.92 Å². The van der Waals surface area contributed by atoms with Crippen LogP contribution in [0.2, 0.25) is 0 Å². The number of ether oxygens (including phenoxy) is 1. The second-order valence-corrected chi connectivity index (χ2v) is 5.36. The summed E-state index contributed by atoms with van der Waals surface area (Å²) in [6.45, 7) is 2.01. The molecule has 2 atom stereocenters. The van der Waals surface area contributed by atoms with Gasteiger partial charge in [-0.05, 0) is 31.9 Å². The highest BCUT2D eigenvalue weighted by Crippen LogP contribution is 2.25. The van der Waals surface area contributed by atoms with Crippen LogP contribution in [0.5, 0.6) is 5.75 Å². The van der Waals surface area contributed by atoms with E-state index in [1.165, 1.54) is 24.8 Å². The fourth-order valence-electron chi connectivity index (χ4n) is 2.88. The fourth-order valence-corrected chi connectivity index (χ4v) is 2.88. The van der Waals surface area contributed by atoms with Crippen molar-refractivity contribution in [3.63, 3.8) is 0 Å². The number of nitrogens with zero attached hydrogens (tertiary/aromatic N) is 1. The van der Waals surface area contributed by atoms with Gasteiger partial charge in [-0.25, -0.2) is 0 Å². The Kier molecular flexibility index (Phi) is 4.61. The molecule has 0 bridgehead atoms. The number of rotatable bonds is 5. The molecule has 2 unspecified atom stereocenters. The van der Waals surface area contributed by atoms with Crippen LogP contribution in [-0.2, 0) is 6.54 Å². The van der Waals surface area contributed by atoms with Crippen LogP contribution >= 0.6 is 0 Å². The molecule has 1 aliphatic rings. The van der Waals surface area contributed by atoms with Gasteiger partial charge in [0.1, 0.15) is 5.75 Å². The molecular weight excluding hydrogens is 224 g/mol. The summed E-state index contributed by atoms with van der Waals surface area (Å²) >= 11 is 0. The van der Waals surface area contributed by atoms with Gasteiger partial charge >= 0.3 is 0 Å². The molecule has 2 rings (SSSR count). The van der Waals surface area contributed by atoms with Crippen LogP contribution in [0.25, 0.3) is 0 Å². The molecule has 1 fully saturated rings. The molecular formula is C15H24N2O. The molecule has 1 aromatic carbocycles. The van der Waals surface area contributed by atoms with Gasteiger partial charge in [0.25, 0.3) is 0 Å². The van der Waals surface area contributed by atoms with Crippen molar-refractivity contribution in [3.05, 3.63) is 29.8 Å². The Balaban J connectivity index is 1.92. The van der Waals surface area contributed by atoms with Crippen LogP contribution < -0.4 is 10.5 Å². The third-order valence-corrected chi connectivity index (χ3v) is 3.90. The first-order valence-corrected chi connectivity index (χ1v) is 6.76. The van der Waals surface area contributed by atoms with E-state index in [2.05, 4.69) is 24.1 Å². The highest BCUT2D eigenvalue weighted by Gasteiger charge is 2.24. The van der Waals surface area contributed by atoms with Crippen LogP contribution in [-0.4, -0.2) is 31.6 Å². The molecule has 0 aromatic heterocycles. The van der Waals surface area contributed by atoms with Crippen molar-refractivity contribution >= 4 is 0 Å². The smallest absolute Gasteiger partial charge is 0.123 e. The number of hydrogen-bond donors (Lipinski definition) is 1. The van der Waals surface area contributed by atoms with Crippen molar-refractivity contribution in [1.29, 1.82) is 0 Å². The van der Waals surface area contributed by atoms with E-state index in [9.17, 15) is 0 Å². The summed E-state index contributed by atoms with van der Waals surface area (Å²) in [6.07, 6.45) is 3.75. The van der Waals surface area contributed by atoms with Gasteiger partial charge in [-0.1, -0.05) is 24.6 Å². The van der Waals surface area contributed by atoms with Gasteiger partial charge in [-0.15, -0.1) is 0 Å². The minimum absolute atomic E-state index is 0.394. The summed E-state index contributed by atoms with van der Waals surface area (Å²) in [7, 11) is 3.89. The second-order valence-electron chi connectivity index (χ2n) is 5.36. The van der Waals surface area contributed by atoms with Crippen molar-refractivity contribution in [2.45, 2.75) is 31.8 Å². The molecule has 1 saturated carbocycles. The van der Waals surface area contributed by atoms with Crippen LogP contribution in [0.3, 0.4) is 0 Å². The molecule has 1 aliphatic carbocycles. The van der Waals surface area contributed by atoms with Gasteiger partial charge in [0.05, 0.1) is 7.11 Å². The van der Waals surface area contributed by atoms with Gasteiger partial charge in [0, 0.05) is 24.7 Å². The Labute approximate surface area is 110 Å². The number of nitrogens with two attached hydrogens (primary N) is 1. The average molecular weight is 248 g/mol. The first-order chi connectivity index (χ1) is 8.70. The van der Waals surface area contributed by atoms with E-state index in [4.69, 9.17) is 10.5 Å². The van der Waals surface area contributed by atoms with Gasteiger partial charge in [-0.3, -0.25) is 0 Å². The van der Waals surface area contributed by atoms with E-state index in [1.807, 2.05) is 12.1 Å². The molecule has 0 aliphatic heterocycles. The third kappa shape index (κ3) is 3.24. The minimum Gasteiger partial charge on any atom is -0.496 e. The SMILES string of the molecule is COc1ccccc1CN(C)CC1CCCC1N. The van der Waals surface area contributed by atoms with Gasteiger partial charge in [-0.2, -0.15) is 0 Å². The zero-order chi connectivity index (χ0) is 13.0. The molecule has 3 nitrogen and oxygen atoms in total. The summed E-state index contributed by atoms with van der Waals surface area (Å²) in [5.74, 6) is 1.63. The number of para-hydroxylation sites is 1.